The minimum Gasteiger partial charge on any atom is -0.392 e. The Bertz CT molecular complexity index is 320. The largest absolute Gasteiger partial charge is 0.392 e. The third kappa shape index (κ3) is 7.43. The number of aliphatic hydroxyl groups excluding tert-OH is 1. The lowest BCUT2D eigenvalue weighted by molar-refractivity contribution is -0.120. The molecule has 0 radical (unpaired) electrons. The molecule has 20 heavy (non-hydrogen) atoms. The molecule has 1 amide bonds. The van der Waals surface area contributed by atoms with Gasteiger partial charge in [0.05, 0.1) is 25.1 Å². The van der Waals surface area contributed by atoms with Crippen molar-refractivity contribution in [3.05, 3.63) is 0 Å². The van der Waals surface area contributed by atoms with Gasteiger partial charge in [-0.1, -0.05) is 0 Å². The fourth-order valence-corrected chi connectivity index (χ4v) is 2.46. The smallest absolute Gasteiger partial charge is 0.233 e. The standard InChI is InChI=1S/C14H26N4O2/c1-12(19)11-18-7-3-13(4-8-18)9-16-10-14(20)17-6-2-5-15/h12-13,16,19H,2-4,6-11H2,1H3,(H,17,20). The van der Waals surface area contributed by atoms with Crippen LogP contribution in [0.3, 0.4) is 0 Å². The number of hydrogen-bond acceptors (Lipinski definition) is 5. The van der Waals surface area contributed by atoms with Crippen LogP contribution in [0.25, 0.3) is 0 Å². The van der Waals surface area contributed by atoms with E-state index < -0.39 is 0 Å². The zero-order valence-electron chi connectivity index (χ0n) is 12.3. The summed E-state index contributed by atoms with van der Waals surface area (Å²) in [4.78, 5) is 13.7. The van der Waals surface area contributed by atoms with Gasteiger partial charge in [0.15, 0.2) is 0 Å². The Labute approximate surface area is 121 Å². The summed E-state index contributed by atoms with van der Waals surface area (Å²) < 4.78 is 0. The van der Waals surface area contributed by atoms with Crippen LogP contribution in [0, 0.1) is 17.2 Å². The molecule has 0 aromatic rings. The van der Waals surface area contributed by atoms with Gasteiger partial charge in [-0.3, -0.25) is 4.79 Å². The fourth-order valence-electron chi connectivity index (χ4n) is 2.46. The first-order chi connectivity index (χ1) is 9.61. The molecular weight excluding hydrogens is 256 g/mol. The van der Waals surface area contributed by atoms with Gasteiger partial charge in [0.1, 0.15) is 0 Å². The minimum atomic E-state index is -0.262. The number of amides is 1. The number of nitrogens with one attached hydrogen (secondary N) is 2. The number of nitriles is 1. The van der Waals surface area contributed by atoms with Crippen LogP contribution in [0.1, 0.15) is 26.2 Å². The third-order valence-corrected chi connectivity index (χ3v) is 3.51. The number of rotatable bonds is 8. The van der Waals surface area contributed by atoms with Crippen LogP contribution >= 0.6 is 0 Å². The van der Waals surface area contributed by atoms with Crippen LogP contribution in [0.15, 0.2) is 0 Å². The number of hydrogen-bond donors (Lipinski definition) is 3. The van der Waals surface area contributed by atoms with Crippen LogP contribution in [-0.2, 0) is 4.79 Å². The van der Waals surface area contributed by atoms with Crippen molar-refractivity contribution >= 4 is 5.91 Å². The summed E-state index contributed by atoms with van der Waals surface area (Å²) in [6.45, 7) is 6.21. The number of likely N-dealkylation sites (tertiary alicyclic amines) is 1. The van der Waals surface area contributed by atoms with Gasteiger partial charge in [0.25, 0.3) is 0 Å². The summed E-state index contributed by atoms with van der Waals surface area (Å²) in [5.74, 6) is 0.555. The molecule has 0 aromatic carbocycles. The van der Waals surface area contributed by atoms with Crippen LogP contribution in [-0.4, -0.2) is 61.3 Å². The molecule has 1 heterocycles. The molecule has 0 aromatic heterocycles. The molecule has 0 saturated carbocycles. The summed E-state index contributed by atoms with van der Waals surface area (Å²) >= 11 is 0. The van der Waals surface area contributed by atoms with E-state index in [0.29, 0.717) is 25.4 Å². The molecule has 1 aliphatic heterocycles. The summed E-state index contributed by atoms with van der Waals surface area (Å²) in [7, 11) is 0. The molecule has 1 aliphatic rings. The second-order valence-electron chi connectivity index (χ2n) is 5.48. The first kappa shape index (κ1) is 16.9. The highest BCUT2D eigenvalue weighted by molar-refractivity contribution is 5.77. The van der Waals surface area contributed by atoms with Crippen LogP contribution in [0.5, 0.6) is 0 Å². The van der Waals surface area contributed by atoms with Crippen LogP contribution in [0.4, 0.5) is 0 Å². The van der Waals surface area contributed by atoms with Gasteiger partial charge in [-0.15, -0.1) is 0 Å². The molecular formula is C14H26N4O2. The number of carbonyl (C=O) groups is 1. The van der Waals surface area contributed by atoms with Crippen molar-refractivity contribution < 1.29 is 9.90 Å². The zero-order chi connectivity index (χ0) is 14.8. The normalized spacial score (nSPS) is 18.4. The summed E-state index contributed by atoms with van der Waals surface area (Å²) in [6.07, 6.45) is 2.31. The third-order valence-electron chi connectivity index (χ3n) is 3.51. The van der Waals surface area contributed by atoms with E-state index in [2.05, 4.69) is 15.5 Å². The molecule has 1 fully saturated rings. The zero-order valence-corrected chi connectivity index (χ0v) is 12.3. The van der Waals surface area contributed by atoms with Crippen molar-refractivity contribution in [2.24, 2.45) is 5.92 Å². The Morgan fingerprint density at radius 1 is 1.50 bits per heavy atom. The van der Waals surface area contributed by atoms with E-state index in [0.717, 1.165) is 39.0 Å². The Morgan fingerprint density at radius 2 is 2.20 bits per heavy atom. The molecule has 6 nitrogen and oxygen atoms in total. The molecule has 0 aliphatic carbocycles. The lowest BCUT2D eigenvalue weighted by Gasteiger charge is -2.32. The highest BCUT2D eigenvalue weighted by Crippen LogP contribution is 2.16. The molecule has 1 rings (SSSR count). The predicted octanol–water partition coefficient (Wildman–Crippen LogP) is -0.301. The molecule has 1 atom stereocenters. The summed E-state index contributed by atoms with van der Waals surface area (Å²) in [6, 6.07) is 1.99. The van der Waals surface area contributed by atoms with Gasteiger partial charge in [0.2, 0.25) is 5.91 Å². The van der Waals surface area contributed by atoms with Gasteiger partial charge in [-0.25, -0.2) is 0 Å². The summed E-state index contributed by atoms with van der Waals surface area (Å²) in [5, 5.41) is 23.6. The maximum atomic E-state index is 11.4. The molecule has 114 valence electrons. The van der Waals surface area contributed by atoms with Crippen molar-refractivity contribution in [2.75, 3.05) is 39.3 Å². The average molecular weight is 282 g/mol. The van der Waals surface area contributed by atoms with E-state index in [1.807, 2.05) is 13.0 Å². The van der Waals surface area contributed by atoms with Crippen molar-refractivity contribution in [2.45, 2.75) is 32.3 Å². The lowest BCUT2D eigenvalue weighted by Crippen LogP contribution is -2.42. The Hall–Kier alpha value is -1.16. The molecule has 3 N–H and O–H groups in total. The molecule has 1 saturated heterocycles. The van der Waals surface area contributed by atoms with Gasteiger partial charge >= 0.3 is 0 Å². The van der Waals surface area contributed by atoms with Crippen LogP contribution in [0.2, 0.25) is 0 Å². The second kappa shape index (κ2) is 9.70. The van der Waals surface area contributed by atoms with E-state index in [4.69, 9.17) is 5.26 Å². The maximum Gasteiger partial charge on any atom is 0.233 e. The number of β-amino-alcohol motifs (C(OH)–C–C–N with tert-alkyl or cyclic N) is 1. The molecule has 1 unspecified atom stereocenters. The lowest BCUT2D eigenvalue weighted by atomic mass is 9.96. The Kier molecular flexibility index (Phi) is 8.19. The van der Waals surface area contributed by atoms with Gasteiger partial charge in [-0.05, 0) is 45.3 Å². The minimum absolute atomic E-state index is 0.0493. The van der Waals surface area contributed by atoms with Crippen molar-refractivity contribution in [1.29, 1.82) is 5.26 Å². The number of aliphatic hydroxyl groups is 1. The fraction of sp³-hybridized carbons (Fsp3) is 0.857. The first-order valence-electron chi connectivity index (χ1n) is 7.36. The Balaban J connectivity index is 2.04. The number of nitrogens with zero attached hydrogens (tertiary/aromatic N) is 2. The topological polar surface area (TPSA) is 88.4 Å². The highest BCUT2D eigenvalue weighted by atomic mass is 16.3. The first-order valence-corrected chi connectivity index (χ1v) is 7.36. The summed E-state index contributed by atoms with van der Waals surface area (Å²) in [5.41, 5.74) is 0. The Morgan fingerprint density at radius 3 is 2.80 bits per heavy atom. The van der Waals surface area contributed by atoms with E-state index in [9.17, 15) is 9.90 Å². The maximum absolute atomic E-state index is 11.4. The number of carbonyl (C=O) groups excluding carboxylic acids is 1. The van der Waals surface area contributed by atoms with Gasteiger partial charge in [-0.2, -0.15) is 5.26 Å². The molecule has 0 bridgehead atoms. The van der Waals surface area contributed by atoms with Crippen molar-refractivity contribution in [1.82, 2.24) is 15.5 Å². The van der Waals surface area contributed by atoms with Crippen molar-refractivity contribution in [3.63, 3.8) is 0 Å². The van der Waals surface area contributed by atoms with E-state index in [-0.39, 0.29) is 12.0 Å². The van der Waals surface area contributed by atoms with E-state index in [1.165, 1.54) is 0 Å². The molecule has 0 spiro atoms. The van der Waals surface area contributed by atoms with E-state index in [1.54, 1.807) is 0 Å². The second-order valence-corrected chi connectivity index (χ2v) is 5.48. The number of piperidine rings is 1. The SMILES string of the molecule is CC(O)CN1CCC(CNCC(=O)NCCC#N)CC1. The quantitative estimate of drug-likeness (QED) is 0.532. The van der Waals surface area contributed by atoms with E-state index >= 15 is 0 Å². The van der Waals surface area contributed by atoms with Crippen LogP contribution < -0.4 is 10.6 Å². The van der Waals surface area contributed by atoms with Gasteiger partial charge in [0, 0.05) is 13.1 Å². The monoisotopic (exact) mass is 282 g/mol. The van der Waals surface area contributed by atoms with Gasteiger partial charge < -0.3 is 20.6 Å². The average Bonchev–Trinajstić information content (AvgIpc) is 2.40. The molecule has 6 heteroatoms. The van der Waals surface area contributed by atoms with Crippen molar-refractivity contribution in [3.8, 4) is 6.07 Å². The predicted molar refractivity (Wildman–Crippen MR) is 77.0 cm³/mol. The highest BCUT2D eigenvalue weighted by Gasteiger charge is 2.19.